The molecule has 0 aromatic heterocycles. The van der Waals surface area contributed by atoms with Crippen LogP contribution in [-0.2, 0) is 6.54 Å². The van der Waals surface area contributed by atoms with E-state index in [1.807, 2.05) is 12.1 Å². The van der Waals surface area contributed by atoms with Crippen LogP contribution in [0.25, 0.3) is 0 Å². The predicted molar refractivity (Wildman–Crippen MR) is 84.6 cm³/mol. The lowest BCUT2D eigenvalue weighted by molar-refractivity contribution is 0.173. The smallest absolute Gasteiger partial charge is 0.231 e. The molecule has 1 heterocycles. The van der Waals surface area contributed by atoms with Gasteiger partial charge >= 0.3 is 0 Å². The Morgan fingerprint density at radius 2 is 2.05 bits per heavy atom. The quantitative estimate of drug-likeness (QED) is 0.846. The van der Waals surface area contributed by atoms with E-state index in [-0.39, 0.29) is 0 Å². The highest BCUT2D eigenvalue weighted by molar-refractivity contribution is 5.48. The van der Waals surface area contributed by atoms with Gasteiger partial charge in [-0.2, -0.15) is 0 Å². The monoisotopic (exact) mass is 289 g/mol. The molecule has 3 nitrogen and oxygen atoms in total. The Labute approximate surface area is 128 Å². The summed E-state index contributed by atoms with van der Waals surface area (Å²) in [6.07, 6.45) is 6.72. The highest BCUT2D eigenvalue weighted by Crippen LogP contribution is 2.35. The van der Waals surface area contributed by atoms with Gasteiger partial charge in [0, 0.05) is 18.2 Å². The Morgan fingerprint density at radius 3 is 2.90 bits per heavy atom. The summed E-state index contributed by atoms with van der Waals surface area (Å²) in [5, 5.41) is 3.73. The molecular formula is C18H27NO2. The third kappa shape index (κ3) is 3.52. The number of fused-ring (bicyclic) bond motifs is 1. The average Bonchev–Trinajstić information content (AvgIpc) is 2.83. The van der Waals surface area contributed by atoms with Crippen molar-refractivity contribution in [3.05, 3.63) is 23.8 Å². The summed E-state index contributed by atoms with van der Waals surface area (Å²) < 4.78 is 11.0. The third-order valence-electron chi connectivity index (χ3n) is 5.02. The number of nitrogens with one attached hydrogen (secondary N) is 1. The van der Waals surface area contributed by atoms with Gasteiger partial charge < -0.3 is 14.8 Å². The normalized spacial score (nSPS) is 25.1. The summed E-state index contributed by atoms with van der Waals surface area (Å²) in [5.74, 6) is 3.55. The molecule has 0 radical (unpaired) electrons. The van der Waals surface area contributed by atoms with E-state index < -0.39 is 0 Å². The van der Waals surface area contributed by atoms with Crippen molar-refractivity contribution in [2.45, 2.75) is 58.5 Å². The summed E-state index contributed by atoms with van der Waals surface area (Å²) in [6.45, 7) is 5.96. The van der Waals surface area contributed by atoms with Crippen molar-refractivity contribution in [2.24, 2.45) is 11.8 Å². The molecule has 1 aliphatic carbocycles. The van der Waals surface area contributed by atoms with Gasteiger partial charge in [-0.05, 0) is 37.2 Å². The molecule has 21 heavy (non-hydrogen) atoms. The second-order valence-electron chi connectivity index (χ2n) is 6.74. The summed E-state index contributed by atoms with van der Waals surface area (Å²) in [6, 6.07) is 6.80. The summed E-state index contributed by atoms with van der Waals surface area (Å²) >= 11 is 0. The fraction of sp³-hybridized carbons (Fsp3) is 0.667. The van der Waals surface area contributed by atoms with Gasteiger partial charge in [0.25, 0.3) is 0 Å². The molecule has 0 bridgehead atoms. The molecule has 1 aromatic rings. The topological polar surface area (TPSA) is 30.5 Å². The zero-order valence-corrected chi connectivity index (χ0v) is 13.2. The maximum absolute atomic E-state index is 5.58. The van der Waals surface area contributed by atoms with Crippen LogP contribution in [0.3, 0.4) is 0 Å². The first-order chi connectivity index (χ1) is 10.2. The molecule has 1 fully saturated rings. The maximum atomic E-state index is 5.58. The molecule has 1 aromatic carbocycles. The van der Waals surface area contributed by atoms with Crippen LogP contribution >= 0.6 is 0 Å². The molecule has 1 saturated carbocycles. The first-order valence-corrected chi connectivity index (χ1v) is 8.35. The number of hydrogen-bond acceptors (Lipinski definition) is 3. The fourth-order valence-electron chi connectivity index (χ4n) is 3.59. The second-order valence-corrected chi connectivity index (χ2v) is 6.74. The predicted octanol–water partition coefficient (Wildman–Crippen LogP) is 4.11. The molecule has 1 aliphatic heterocycles. The van der Waals surface area contributed by atoms with E-state index in [9.17, 15) is 0 Å². The van der Waals surface area contributed by atoms with Crippen LogP contribution in [0.5, 0.6) is 11.5 Å². The van der Waals surface area contributed by atoms with E-state index in [1.54, 1.807) is 0 Å². The zero-order chi connectivity index (χ0) is 14.7. The van der Waals surface area contributed by atoms with E-state index in [4.69, 9.17) is 9.47 Å². The van der Waals surface area contributed by atoms with Crippen molar-refractivity contribution >= 4 is 0 Å². The van der Waals surface area contributed by atoms with Crippen LogP contribution in [0.2, 0.25) is 0 Å². The molecule has 2 aliphatic rings. The molecule has 0 amide bonds. The van der Waals surface area contributed by atoms with Crippen molar-refractivity contribution in [3.63, 3.8) is 0 Å². The minimum atomic E-state index is 0.353. The van der Waals surface area contributed by atoms with Crippen LogP contribution in [0, 0.1) is 11.8 Å². The van der Waals surface area contributed by atoms with Crippen LogP contribution in [0.1, 0.15) is 51.5 Å². The van der Waals surface area contributed by atoms with Crippen LogP contribution < -0.4 is 14.8 Å². The largest absolute Gasteiger partial charge is 0.454 e. The van der Waals surface area contributed by atoms with Crippen molar-refractivity contribution in [1.29, 1.82) is 0 Å². The Balaban J connectivity index is 1.55. The van der Waals surface area contributed by atoms with E-state index in [0.29, 0.717) is 12.8 Å². The summed E-state index contributed by atoms with van der Waals surface area (Å²) in [5.41, 5.74) is 1.22. The van der Waals surface area contributed by atoms with E-state index in [1.165, 1.54) is 37.7 Å². The SMILES string of the molecule is CC(C)C1CCCC(NCc2cccc3c2OCO3)CC1. The molecule has 116 valence electrons. The van der Waals surface area contributed by atoms with Gasteiger partial charge in [-0.25, -0.2) is 0 Å². The lowest BCUT2D eigenvalue weighted by atomic mass is 9.89. The highest BCUT2D eigenvalue weighted by Gasteiger charge is 2.22. The third-order valence-corrected chi connectivity index (χ3v) is 5.02. The van der Waals surface area contributed by atoms with Crippen molar-refractivity contribution in [3.8, 4) is 11.5 Å². The second kappa shape index (κ2) is 6.69. The number of rotatable bonds is 4. The van der Waals surface area contributed by atoms with Crippen LogP contribution in [-0.4, -0.2) is 12.8 Å². The first kappa shape index (κ1) is 14.7. The number of para-hydroxylation sites is 1. The van der Waals surface area contributed by atoms with E-state index in [2.05, 4.69) is 25.2 Å². The number of ether oxygens (including phenoxy) is 2. The van der Waals surface area contributed by atoms with Crippen LogP contribution in [0.15, 0.2) is 18.2 Å². The van der Waals surface area contributed by atoms with Crippen molar-refractivity contribution in [1.82, 2.24) is 5.32 Å². The molecule has 1 N–H and O–H groups in total. The van der Waals surface area contributed by atoms with Crippen molar-refractivity contribution in [2.75, 3.05) is 6.79 Å². The van der Waals surface area contributed by atoms with Gasteiger partial charge in [-0.15, -0.1) is 0 Å². The van der Waals surface area contributed by atoms with Gasteiger partial charge in [0.1, 0.15) is 0 Å². The Kier molecular flexibility index (Phi) is 4.69. The molecule has 2 unspecified atom stereocenters. The van der Waals surface area contributed by atoms with Crippen molar-refractivity contribution < 1.29 is 9.47 Å². The van der Waals surface area contributed by atoms with Gasteiger partial charge in [0.15, 0.2) is 11.5 Å². The lowest BCUT2D eigenvalue weighted by Gasteiger charge is -2.19. The van der Waals surface area contributed by atoms with E-state index in [0.717, 1.165) is 29.9 Å². The van der Waals surface area contributed by atoms with E-state index >= 15 is 0 Å². The Morgan fingerprint density at radius 1 is 1.14 bits per heavy atom. The van der Waals surface area contributed by atoms with Crippen LogP contribution in [0.4, 0.5) is 0 Å². The number of hydrogen-bond donors (Lipinski definition) is 1. The summed E-state index contributed by atoms with van der Waals surface area (Å²) in [7, 11) is 0. The van der Waals surface area contributed by atoms with Gasteiger partial charge in [-0.1, -0.05) is 38.8 Å². The molecule has 0 spiro atoms. The zero-order valence-electron chi connectivity index (χ0n) is 13.2. The molecule has 3 heteroatoms. The Bertz CT molecular complexity index is 472. The molecular weight excluding hydrogens is 262 g/mol. The highest BCUT2D eigenvalue weighted by atomic mass is 16.7. The minimum Gasteiger partial charge on any atom is -0.454 e. The summed E-state index contributed by atoms with van der Waals surface area (Å²) in [4.78, 5) is 0. The van der Waals surface area contributed by atoms with Gasteiger partial charge in [0.05, 0.1) is 0 Å². The standard InChI is InChI=1S/C18H27NO2/c1-13(2)14-5-3-7-16(10-9-14)19-11-15-6-4-8-17-18(15)21-12-20-17/h4,6,8,13-14,16,19H,3,5,7,9-12H2,1-2H3. The molecule has 3 rings (SSSR count). The number of benzene rings is 1. The minimum absolute atomic E-state index is 0.353. The first-order valence-electron chi connectivity index (χ1n) is 8.35. The maximum Gasteiger partial charge on any atom is 0.231 e. The fourth-order valence-corrected chi connectivity index (χ4v) is 3.59. The van der Waals surface area contributed by atoms with Gasteiger partial charge in [0.2, 0.25) is 6.79 Å². The average molecular weight is 289 g/mol. The lowest BCUT2D eigenvalue weighted by Crippen LogP contribution is -2.28. The molecule has 0 saturated heterocycles. The van der Waals surface area contributed by atoms with Gasteiger partial charge in [-0.3, -0.25) is 0 Å². The Hall–Kier alpha value is -1.22. The molecule has 2 atom stereocenters.